The Morgan fingerprint density at radius 2 is 2.26 bits per heavy atom. The quantitative estimate of drug-likeness (QED) is 0.726. The largest absolute Gasteiger partial charge is 0.356 e. The Morgan fingerprint density at radius 3 is 3.04 bits per heavy atom. The predicted molar refractivity (Wildman–Crippen MR) is 105 cm³/mol. The molecule has 0 radical (unpaired) electrons. The van der Waals surface area contributed by atoms with Crippen LogP contribution < -0.4 is 5.32 Å². The van der Waals surface area contributed by atoms with Gasteiger partial charge in [-0.3, -0.25) is 9.69 Å². The van der Waals surface area contributed by atoms with E-state index in [-0.39, 0.29) is 11.8 Å². The van der Waals surface area contributed by atoms with Crippen molar-refractivity contribution in [1.29, 1.82) is 0 Å². The number of unbranched alkanes of at least 4 members (excludes halogenated alkanes) is 1. The summed E-state index contributed by atoms with van der Waals surface area (Å²) in [6.45, 7) is 6.33. The molecule has 1 aliphatic rings. The third-order valence-corrected chi connectivity index (χ3v) is 5.34. The van der Waals surface area contributed by atoms with Crippen LogP contribution in [0.1, 0.15) is 45.4 Å². The first kappa shape index (κ1) is 19.8. The number of benzene rings is 1. The van der Waals surface area contributed by atoms with E-state index in [0.717, 1.165) is 37.8 Å². The van der Waals surface area contributed by atoms with Gasteiger partial charge in [-0.05, 0) is 38.3 Å². The second kappa shape index (κ2) is 9.33. The maximum absolute atomic E-state index is 12.4. The van der Waals surface area contributed by atoms with E-state index >= 15 is 0 Å². The minimum absolute atomic E-state index is 0.0216. The zero-order valence-corrected chi connectivity index (χ0v) is 16.7. The van der Waals surface area contributed by atoms with E-state index in [1.165, 1.54) is 0 Å². The second-order valence-corrected chi connectivity index (χ2v) is 7.66. The molecule has 146 valence electrons. The summed E-state index contributed by atoms with van der Waals surface area (Å²) in [4.78, 5) is 19.2. The SMILES string of the molecule is CCCCNC(=O)C1CCC(C)N(Cc2nc(-c3cccc(Cl)c3)no2)C1. The molecule has 2 atom stereocenters. The Bertz CT molecular complexity index is 764. The number of likely N-dealkylation sites (tertiary alicyclic amines) is 1. The van der Waals surface area contributed by atoms with Crippen LogP contribution in [0.2, 0.25) is 5.02 Å². The van der Waals surface area contributed by atoms with E-state index in [1.54, 1.807) is 0 Å². The van der Waals surface area contributed by atoms with Crippen LogP contribution in [-0.4, -0.2) is 40.1 Å². The molecule has 1 aromatic carbocycles. The Kier molecular flexibility index (Phi) is 6.85. The number of hydrogen-bond acceptors (Lipinski definition) is 5. The topological polar surface area (TPSA) is 71.3 Å². The van der Waals surface area contributed by atoms with E-state index in [2.05, 4.69) is 34.2 Å². The van der Waals surface area contributed by atoms with Crippen LogP contribution in [-0.2, 0) is 11.3 Å². The monoisotopic (exact) mass is 390 g/mol. The van der Waals surface area contributed by atoms with Gasteiger partial charge in [-0.2, -0.15) is 4.98 Å². The van der Waals surface area contributed by atoms with Crippen molar-refractivity contribution >= 4 is 17.5 Å². The molecule has 1 fully saturated rings. The molecule has 0 bridgehead atoms. The van der Waals surface area contributed by atoms with Crippen LogP contribution >= 0.6 is 11.6 Å². The molecular formula is C20H27ClN4O2. The van der Waals surface area contributed by atoms with Crippen molar-refractivity contribution < 1.29 is 9.32 Å². The molecule has 1 amide bonds. The van der Waals surface area contributed by atoms with Gasteiger partial charge >= 0.3 is 0 Å². The molecule has 1 aliphatic heterocycles. The Balaban J connectivity index is 1.61. The highest BCUT2D eigenvalue weighted by Gasteiger charge is 2.30. The first-order valence-electron chi connectivity index (χ1n) is 9.67. The van der Waals surface area contributed by atoms with Crippen LogP contribution in [0.3, 0.4) is 0 Å². The summed E-state index contributed by atoms with van der Waals surface area (Å²) in [7, 11) is 0. The fraction of sp³-hybridized carbons (Fsp3) is 0.550. The average molecular weight is 391 g/mol. The van der Waals surface area contributed by atoms with Crippen molar-refractivity contribution in [3.8, 4) is 11.4 Å². The number of nitrogens with one attached hydrogen (secondary N) is 1. The van der Waals surface area contributed by atoms with Crippen molar-refractivity contribution in [2.75, 3.05) is 13.1 Å². The maximum Gasteiger partial charge on any atom is 0.241 e. The number of hydrogen-bond donors (Lipinski definition) is 1. The number of nitrogens with zero attached hydrogens (tertiary/aromatic N) is 3. The Labute approximate surface area is 165 Å². The van der Waals surface area contributed by atoms with E-state index in [9.17, 15) is 4.79 Å². The number of carbonyl (C=O) groups excluding carboxylic acids is 1. The molecule has 27 heavy (non-hydrogen) atoms. The van der Waals surface area contributed by atoms with Crippen molar-refractivity contribution in [1.82, 2.24) is 20.4 Å². The van der Waals surface area contributed by atoms with Gasteiger partial charge in [0.1, 0.15) is 0 Å². The number of rotatable bonds is 7. The van der Waals surface area contributed by atoms with Gasteiger partial charge in [-0.15, -0.1) is 0 Å². The summed E-state index contributed by atoms with van der Waals surface area (Å²) in [5.41, 5.74) is 0.831. The molecule has 0 saturated carbocycles. The van der Waals surface area contributed by atoms with Gasteiger partial charge in [0.2, 0.25) is 17.6 Å². The van der Waals surface area contributed by atoms with Crippen LogP contribution in [0.4, 0.5) is 0 Å². The molecule has 1 N–H and O–H groups in total. The highest BCUT2D eigenvalue weighted by molar-refractivity contribution is 6.30. The smallest absolute Gasteiger partial charge is 0.241 e. The summed E-state index contributed by atoms with van der Waals surface area (Å²) < 4.78 is 5.44. The number of aromatic nitrogens is 2. The molecule has 7 heteroatoms. The van der Waals surface area contributed by atoms with E-state index in [1.807, 2.05) is 24.3 Å². The van der Waals surface area contributed by atoms with Crippen molar-refractivity contribution in [2.24, 2.45) is 5.92 Å². The summed E-state index contributed by atoms with van der Waals surface area (Å²) in [5, 5.41) is 7.76. The standard InChI is InChI=1S/C20H27ClN4O2/c1-3-4-10-22-20(26)16-9-8-14(2)25(12-16)13-18-23-19(24-27-18)15-6-5-7-17(21)11-15/h5-7,11,14,16H,3-4,8-10,12-13H2,1-2H3,(H,22,26). The van der Waals surface area contributed by atoms with Gasteiger partial charge in [-0.25, -0.2) is 0 Å². The maximum atomic E-state index is 12.4. The molecule has 1 saturated heterocycles. The number of carbonyl (C=O) groups is 1. The van der Waals surface area contributed by atoms with E-state index in [0.29, 0.717) is 35.9 Å². The summed E-state index contributed by atoms with van der Waals surface area (Å²) >= 11 is 6.04. The average Bonchev–Trinajstić information content (AvgIpc) is 3.12. The molecule has 3 rings (SSSR count). The zero-order chi connectivity index (χ0) is 19.2. The molecular weight excluding hydrogens is 364 g/mol. The first-order valence-corrected chi connectivity index (χ1v) is 10.0. The molecule has 2 unspecified atom stereocenters. The number of amides is 1. The minimum Gasteiger partial charge on any atom is -0.356 e. The van der Waals surface area contributed by atoms with Crippen molar-refractivity contribution in [3.63, 3.8) is 0 Å². The molecule has 2 heterocycles. The predicted octanol–water partition coefficient (Wildman–Crippen LogP) is 3.91. The molecule has 2 aromatic rings. The molecule has 0 aliphatic carbocycles. The van der Waals surface area contributed by atoms with Crippen LogP contribution in [0.15, 0.2) is 28.8 Å². The van der Waals surface area contributed by atoms with E-state index < -0.39 is 0 Å². The summed E-state index contributed by atoms with van der Waals surface area (Å²) in [5.74, 6) is 1.27. The Morgan fingerprint density at radius 1 is 1.41 bits per heavy atom. The highest BCUT2D eigenvalue weighted by atomic mass is 35.5. The van der Waals surface area contributed by atoms with Crippen molar-refractivity contribution in [3.05, 3.63) is 35.2 Å². The molecule has 1 aromatic heterocycles. The van der Waals surface area contributed by atoms with Gasteiger partial charge in [0.05, 0.1) is 12.5 Å². The zero-order valence-electron chi connectivity index (χ0n) is 15.9. The summed E-state index contributed by atoms with van der Waals surface area (Å²) in [6.07, 6.45) is 4.02. The number of piperidine rings is 1. The van der Waals surface area contributed by atoms with Gasteiger partial charge in [-0.1, -0.05) is 42.2 Å². The molecule has 6 nitrogen and oxygen atoms in total. The van der Waals surface area contributed by atoms with Gasteiger partial charge in [0.15, 0.2) is 0 Å². The lowest BCUT2D eigenvalue weighted by molar-refractivity contribution is -0.127. The lowest BCUT2D eigenvalue weighted by Gasteiger charge is -2.36. The van der Waals surface area contributed by atoms with Gasteiger partial charge in [0, 0.05) is 29.7 Å². The van der Waals surface area contributed by atoms with Crippen LogP contribution in [0, 0.1) is 5.92 Å². The fourth-order valence-corrected chi connectivity index (χ4v) is 3.57. The minimum atomic E-state index is 0.0216. The Hall–Kier alpha value is -1.92. The molecule has 0 spiro atoms. The van der Waals surface area contributed by atoms with E-state index in [4.69, 9.17) is 16.1 Å². The lowest BCUT2D eigenvalue weighted by Crippen LogP contribution is -2.46. The van der Waals surface area contributed by atoms with Crippen LogP contribution in [0.25, 0.3) is 11.4 Å². The van der Waals surface area contributed by atoms with Gasteiger partial charge in [0.25, 0.3) is 0 Å². The fourth-order valence-electron chi connectivity index (χ4n) is 3.38. The van der Waals surface area contributed by atoms with Crippen molar-refractivity contribution in [2.45, 2.75) is 52.1 Å². The first-order chi connectivity index (χ1) is 13.1. The normalized spacial score (nSPS) is 20.6. The highest BCUT2D eigenvalue weighted by Crippen LogP contribution is 2.25. The van der Waals surface area contributed by atoms with Crippen LogP contribution in [0.5, 0.6) is 0 Å². The third-order valence-electron chi connectivity index (χ3n) is 5.10. The third kappa shape index (κ3) is 5.30. The van der Waals surface area contributed by atoms with Gasteiger partial charge < -0.3 is 9.84 Å². The lowest BCUT2D eigenvalue weighted by atomic mass is 9.92. The number of halogens is 1. The second-order valence-electron chi connectivity index (χ2n) is 7.22. The summed E-state index contributed by atoms with van der Waals surface area (Å²) in [6, 6.07) is 7.78.